The molecule has 2 aliphatic rings. The van der Waals surface area contributed by atoms with Crippen molar-refractivity contribution >= 4 is 22.5 Å². The van der Waals surface area contributed by atoms with Crippen molar-refractivity contribution in [1.29, 1.82) is 5.26 Å². The number of furan rings is 1. The van der Waals surface area contributed by atoms with Gasteiger partial charge in [0.1, 0.15) is 29.2 Å². The van der Waals surface area contributed by atoms with E-state index in [9.17, 15) is 10.4 Å². The van der Waals surface area contributed by atoms with E-state index >= 15 is 0 Å². The minimum absolute atomic E-state index is 0.0603. The molecule has 1 unspecified atom stereocenters. The Labute approximate surface area is 195 Å². The first-order valence-electron chi connectivity index (χ1n) is 11.2. The average molecular weight is 454 g/mol. The lowest BCUT2D eigenvalue weighted by Crippen LogP contribution is -2.26. The highest BCUT2D eigenvalue weighted by Gasteiger charge is 2.20. The molecule has 0 saturated carbocycles. The van der Waals surface area contributed by atoms with Gasteiger partial charge < -0.3 is 29.6 Å². The van der Waals surface area contributed by atoms with E-state index in [0.29, 0.717) is 35.9 Å². The molecule has 2 aromatic heterocycles. The van der Waals surface area contributed by atoms with Crippen molar-refractivity contribution in [3.05, 3.63) is 60.3 Å². The smallest absolute Gasteiger partial charge is 0.202 e. The minimum atomic E-state index is -0.804. The van der Waals surface area contributed by atoms with Crippen LogP contribution in [-0.2, 0) is 4.74 Å². The summed E-state index contributed by atoms with van der Waals surface area (Å²) in [6.07, 6.45) is 2.63. The fraction of sp³-hybridized carbons (Fsp3) is 0.231. The van der Waals surface area contributed by atoms with E-state index in [4.69, 9.17) is 13.9 Å². The summed E-state index contributed by atoms with van der Waals surface area (Å²) in [5.74, 6) is 1.26. The fourth-order valence-electron chi connectivity index (χ4n) is 4.44. The number of aliphatic hydroxyl groups excluding tert-OH is 1. The molecule has 8 nitrogen and oxygen atoms in total. The van der Waals surface area contributed by atoms with Gasteiger partial charge in [-0.3, -0.25) is 4.98 Å². The highest BCUT2D eigenvalue weighted by molar-refractivity contribution is 5.93. The number of aliphatic hydroxyl groups is 1. The number of hydrogen-bond donors (Lipinski definition) is 3. The van der Waals surface area contributed by atoms with Crippen LogP contribution in [0.1, 0.15) is 18.4 Å². The maximum atomic E-state index is 9.76. The number of anilines is 2. The normalized spacial score (nSPS) is 17.6. The number of hydrogen-bond acceptors (Lipinski definition) is 8. The molecule has 0 spiro atoms. The van der Waals surface area contributed by atoms with Crippen LogP contribution >= 0.6 is 0 Å². The number of nitrogens with zero attached hydrogens (tertiary/aromatic N) is 2. The molecule has 8 heteroatoms. The second kappa shape index (κ2) is 8.37. The Morgan fingerprint density at radius 3 is 2.68 bits per heavy atom. The highest BCUT2D eigenvalue weighted by Crippen LogP contribution is 2.38. The molecule has 4 heterocycles. The van der Waals surface area contributed by atoms with Crippen molar-refractivity contribution in [2.75, 3.05) is 23.8 Å². The predicted molar refractivity (Wildman–Crippen MR) is 127 cm³/mol. The van der Waals surface area contributed by atoms with Crippen molar-refractivity contribution in [2.45, 2.75) is 25.3 Å². The molecule has 3 N–H and O–H groups in total. The first-order valence-corrected chi connectivity index (χ1v) is 11.2. The zero-order valence-corrected chi connectivity index (χ0v) is 18.2. The lowest BCUT2D eigenvalue weighted by atomic mass is 10.0. The van der Waals surface area contributed by atoms with Gasteiger partial charge in [-0.05, 0) is 42.0 Å². The van der Waals surface area contributed by atoms with Crippen LogP contribution in [0.5, 0.6) is 5.75 Å². The van der Waals surface area contributed by atoms with Gasteiger partial charge in [-0.1, -0.05) is 6.07 Å². The van der Waals surface area contributed by atoms with Gasteiger partial charge in [0.05, 0.1) is 30.2 Å². The molecule has 34 heavy (non-hydrogen) atoms. The Bertz CT molecular complexity index is 1420. The number of fused-ring (bicyclic) bond motifs is 2. The number of benzene rings is 2. The van der Waals surface area contributed by atoms with Crippen molar-refractivity contribution in [1.82, 2.24) is 4.98 Å². The van der Waals surface area contributed by atoms with Crippen LogP contribution < -0.4 is 15.4 Å². The van der Waals surface area contributed by atoms with Gasteiger partial charge >= 0.3 is 0 Å². The molecule has 1 fully saturated rings. The molecule has 1 atom stereocenters. The quantitative estimate of drug-likeness (QED) is 0.407. The van der Waals surface area contributed by atoms with Crippen LogP contribution in [-0.4, -0.2) is 35.8 Å². The summed E-state index contributed by atoms with van der Waals surface area (Å²) in [6, 6.07) is 17.4. The van der Waals surface area contributed by atoms with Gasteiger partial charge in [-0.25, -0.2) is 0 Å². The first-order chi connectivity index (χ1) is 16.7. The minimum Gasteiger partial charge on any atom is -0.489 e. The van der Waals surface area contributed by atoms with Gasteiger partial charge in [-0.15, -0.1) is 0 Å². The Morgan fingerprint density at radius 1 is 1.00 bits per heavy atom. The van der Waals surface area contributed by atoms with Gasteiger partial charge in [-0.2, -0.15) is 5.26 Å². The summed E-state index contributed by atoms with van der Waals surface area (Å²) in [5.41, 5.74) is 6.05. The Hall–Kier alpha value is -4.06. The third kappa shape index (κ3) is 3.71. The summed E-state index contributed by atoms with van der Waals surface area (Å²) >= 11 is 0. The maximum Gasteiger partial charge on any atom is 0.202 e. The molecular formula is C26H22N4O4. The summed E-state index contributed by atoms with van der Waals surface area (Å²) in [5, 5.41) is 25.4. The highest BCUT2D eigenvalue weighted by atomic mass is 16.5. The van der Waals surface area contributed by atoms with Crippen LogP contribution in [0.2, 0.25) is 0 Å². The lowest BCUT2D eigenvalue weighted by Gasteiger charge is -2.23. The van der Waals surface area contributed by atoms with Crippen LogP contribution in [0.15, 0.2) is 59.1 Å². The molecule has 1 saturated heterocycles. The molecule has 170 valence electrons. The van der Waals surface area contributed by atoms with Gasteiger partial charge in [0.2, 0.25) is 6.35 Å². The largest absolute Gasteiger partial charge is 0.489 e. The Balaban J connectivity index is 1.35. The van der Waals surface area contributed by atoms with Gasteiger partial charge in [0.15, 0.2) is 5.58 Å². The van der Waals surface area contributed by atoms with Crippen LogP contribution in [0.25, 0.3) is 33.6 Å². The van der Waals surface area contributed by atoms with Crippen molar-refractivity contribution in [2.24, 2.45) is 0 Å². The zero-order valence-electron chi connectivity index (χ0n) is 18.2. The standard InChI is InChI=1S/C26H22N4O4/c27-14-17-11-15(2-4-23(17)33-18-6-9-32-10-7-18)19-5-8-28-22-13-24(34-25(19)22)16-1-3-20-21(12-16)30-26(31)29-20/h1-5,8,11-13,18,26,29-31H,6-7,9-10H2. The number of pyridine rings is 1. The molecular weight excluding hydrogens is 432 g/mol. The summed E-state index contributed by atoms with van der Waals surface area (Å²) < 4.78 is 17.7. The SMILES string of the molecule is N#Cc1cc(-c2ccnc3cc(-c4ccc5c(c4)NC(O)N5)oc23)ccc1OC1CCOCC1. The maximum absolute atomic E-state index is 9.76. The third-order valence-electron chi connectivity index (χ3n) is 6.17. The predicted octanol–water partition coefficient (Wildman–Crippen LogP) is 4.70. The van der Waals surface area contributed by atoms with Gasteiger partial charge in [0, 0.05) is 36.2 Å². The zero-order chi connectivity index (χ0) is 23.1. The van der Waals surface area contributed by atoms with E-state index in [-0.39, 0.29) is 6.10 Å². The lowest BCUT2D eigenvalue weighted by molar-refractivity contribution is 0.0254. The summed E-state index contributed by atoms with van der Waals surface area (Å²) in [6.45, 7) is 1.36. The van der Waals surface area contributed by atoms with E-state index < -0.39 is 6.35 Å². The molecule has 6 rings (SSSR count). The van der Waals surface area contributed by atoms with E-state index in [2.05, 4.69) is 21.7 Å². The molecule has 0 aliphatic carbocycles. The van der Waals surface area contributed by atoms with Crippen LogP contribution in [0, 0.1) is 11.3 Å². The van der Waals surface area contributed by atoms with E-state index in [1.807, 2.05) is 48.5 Å². The molecule has 4 aromatic rings. The second-order valence-electron chi connectivity index (χ2n) is 8.39. The van der Waals surface area contributed by atoms with E-state index in [0.717, 1.165) is 46.4 Å². The number of rotatable bonds is 4. The number of ether oxygens (including phenoxy) is 2. The van der Waals surface area contributed by atoms with Gasteiger partial charge in [0.25, 0.3) is 0 Å². The summed E-state index contributed by atoms with van der Waals surface area (Å²) in [7, 11) is 0. The molecule has 0 radical (unpaired) electrons. The van der Waals surface area contributed by atoms with E-state index in [1.165, 1.54) is 0 Å². The van der Waals surface area contributed by atoms with Crippen LogP contribution in [0.4, 0.5) is 11.4 Å². The van der Waals surface area contributed by atoms with Crippen molar-refractivity contribution in [3.63, 3.8) is 0 Å². The number of aromatic nitrogens is 1. The van der Waals surface area contributed by atoms with E-state index in [1.54, 1.807) is 6.20 Å². The monoisotopic (exact) mass is 454 g/mol. The molecule has 0 amide bonds. The average Bonchev–Trinajstić information content (AvgIpc) is 3.47. The Kier molecular flexibility index (Phi) is 5.06. The second-order valence-corrected chi connectivity index (χ2v) is 8.39. The Morgan fingerprint density at radius 2 is 1.82 bits per heavy atom. The number of nitrogens with one attached hydrogen (secondary N) is 2. The molecule has 0 bridgehead atoms. The topological polar surface area (TPSA) is 113 Å². The fourth-order valence-corrected chi connectivity index (χ4v) is 4.44. The van der Waals surface area contributed by atoms with Crippen LogP contribution in [0.3, 0.4) is 0 Å². The van der Waals surface area contributed by atoms with Crippen molar-refractivity contribution in [3.8, 4) is 34.3 Å². The first kappa shape index (κ1) is 20.5. The molecule has 2 aromatic carbocycles. The van der Waals surface area contributed by atoms with Crippen molar-refractivity contribution < 1.29 is 19.0 Å². The number of nitriles is 1. The summed E-state index contributed by atoms with van der Waals surface area (Å²) in [4.78, 5) is 4.47. The third-order valence-corrected chi connectivity index (χ3v) is 6.17. The molecule has 2 aliphatic heterocycles.